The second-order valence-corrected chi connectivity index (χ2v) is 13.1. The fourth-order valence-electron chi connectivity index (χ4n) is 4.13. The van der Waals surface area contributed by atoms with Crippen LogP contribution in [0, 0.1) is 20.8 Å². The minimum absolute atomic E-state index is 1.22. The largest absolute Gasteiger partial charge is 0.139 e. The van der Waals surface area contributed by atoms with Crippen LogP contribution < -0.4 is 0 Å². The van der Waals surface area contributed by atoms with Crippen LogP contribution in [0.3, 0.4) is 0 Å². The summed E-state index contributed by atoms with van der Waals surface area (Å²) in [6, 6.07) is 14.0. The average molecular weight is 485 g/mol. The van der Waals surface area contributed by atoms with E-state index < -0.39 is 0 Å². The highest BCUT2D eigenvalue weighted by atomic mass is 32.1. The van der Waals surface area contributed by atoms with Gasteiger partial charge in [0.15, 0.2) is 0 Å². The Bertz CT molecular complexity index is 1120. The van der Waals surface area contributed by atoms with Crippen molar-refractivity contribution in [1.29, 1.82) is 0 Å². The molecule has 31 heavy (non-hydrogen) atoms. The zero-order valence-electron chi connectivity index (χ0n) is 19.0. The lowest BCUT2D eigenvalue weighted by atomic mass is 10.0. The van der Waals surface area contributed by atoms with Crippen LogP contribution in [0.15, 0.2) is 36.4 Å². The third-order valence-corrected chi connectivity index (χ3v) is 10.6. The molecule has 0 saturated heterocycles. The van der Waals surface area contributed by atoms with Gasteiger partial charge in [-0.25, -0.2) is 0 Å². The molecule has 0 aliphatic heterocycles. The Morgan fingerprint density at radius 2 is 1.13 bits per heavy atom. The van der Waals surface area contributed by atoms with Crippen LogP contribution in [0.4, 0.5) is 0 Å². The fourth-order valence-corrected chi connectivity index (χ4v) is 8.64. The van der Waals surface area contributed by atoms with Gasteiger partial charge in [0, 0.05) is 39.0 Å². The normalized spacial score (nSPS) is 11.5. The maximum Gasteiger partial charge on any atom is 0.0477 e. The summed E-state index contributed by atoms with van der Waals surface area (Å²) in [5, 5.41) is 0. The highest BCUT2D eigenvalue weighted by Crippen LogP contribution is 2.44. The summed E-state index contributed by atoms with van der Waals surface area (Å²) in [4.78, 5) is 11.4. The Morgan fingerprint density at radius 1 is 0.581 bits per heavy atom. The quantitative estimate of drug-likeness (QED) is 0.196. The zero-order chi connectivity index (χ0) is 21.8. The first-order chi connectivity index (χ1) is 15.0. The van der Waals surface area contributed by atoms with Gasteiger partial charge in [-0.05, 0) is 81.1 Å². The van der Waals surface area contributed by atoms with Crippen LogP contribution in [-0.2, 0) is 6.42 Å². The standard InChI is InChI=1S/C27H32S4/c1-5-6-7-8-9-10-11-21-17-20(4)29-27(21)25-15-13-23(31-25)22-12-14-24(30-22)26-18(2)16-19(3)28-26/h12-17H,5-11H2,1-4H3. The van der Waals surface area contributed by atoms with Gasteiger partial charge in [0.25, 0.3) is 0 Å². The van der Waals surface area contributed by atoms with Crippen molar-refractivity contribution < 1.29 is 0 Å². The Morgan fingerprint density at radius 3 is 1.77 bits per heavy atom. The Hall–Kier alpha value is -1.20. The van der Waals surface area contributed by atoms with Crippen molar-refractivity contribution in [2.24, 2.45) is 0 Å². The molecule has 0 aromatic carbocycles. The summed E-state index contributed by atoms with van der Waals surface area (Å²) in [6.45, 7) is 8.97. The molecule has 0 saturated carbocycles. The molecule has 0 aliphatic carbocycles. The number of rotatable bonds is 10. The molecule has 0 aliphatic rings. The number of unbranched alkanes of at least 4 members (excludes halogenated alkanes) is 5. The van der Waals surface area contributed by atoms with Gasteiger partial charge in [-0.1, -0.05) is 39.0 Å². The van der Waals surface area contributed by atoms with Gasteiger partial charge in [0.2, 0.25) is 0 Å². The summed E-state index contributed by atoms with van der Waals surface area (Å²) in [7, 11) is 0. The lowest BCUT2D eigenvalue weighted by Crippen LogP contribution is -1.86. The third kappa shape index (κ3) is 5.60. The van der Waals surface area contributed by atoms with Crippen LogP contribution in [0.1, 0.15) is 66.3 Å². The molecular weight excluding hydrogens is 453 g/mol. The number of aryl methyl sites for hydroxylation is 4. The molecular formula is C27H32S4. The maximum atomic E-state index is 2.43. The van der Waals surface area contributed by atoms with Gasteiger partial charge >= 0.3 is 0 Å². The van der Waals surface area contributed by atoms with Gasteiger partial charge in [0.1, 0.15) is 0 Å². The molecule has 0 spiro atoms. The Balaban J connectivity index is 1.48. The highest BCUT2D eigenvalue weighted by molar-refractivity contribution is 7.28. The molecule has 4 heteroatoms. The Kier molecular flexibility index (Phi) is 7.86. The van der Waals surface area contributed by atoms with Crippen LogP contribution in [0.25, 0.3) is 29.3 Å². The van der Waals surface area contributed by atoms with E-state index in [1.165, 1.54) is 89.5 Å². The molecule has 164 valence electrons. The number of hydrogen-bond donors (Lipinski definition) is 0. The predicted octanol–water partition coefficient (Wildman–Crippen LogP) is 10.8. The van der Waals surface area contributed by atoms with E-state index in [1.807, 2.05) is 45.3 Å². The minimum atomic E-state index is 1.22. The molecule has 0 atom stereocenters. The highest BCUT2D eigenvalue weighted by Gasteiger charge is 2.15. The van der Waals surface area contributed by atoms with Crippen molar-refractivity contribution in [3.63, 3.8) is 0 Å². The maximum absolute atomic E-state index is 2.43. The lowest BCUT2D eigenvalue weighted by Gasteiger charge is -2.03. The zero-order valence-corrected chi connectivity index (χ0v) is 22.3. The SMILES string of the molecule is CCCCCCCCc1cc(C)sc1-c1ccc(-c2ccc(-c3sc(C)cc3C)s2)s1. The van der Waals surface area contributed by atoms with Crippen molar-refractivity contribution in [2.75, 3.05) is 0 Å². The number of thiophene rings is 4. The molecule has 0 amide bonds. The second-order valence-electron chi connectivity index (χ2n) is 8.43. The van der Waals surface area contributed by atoms with Crippen LogP contribution in [0.2, 0.25) is 0 Å². The first kappa shape index (κ1) is 23.0. The lowest BCUT2D eigenvalue weighted by molar-refractivity contribution is 0.608. The first-order valence-electron chi connectivity index (χ1n) is 11.4. The molecule has 4 aromatic heterocycles. The molecule has 0 radical (unpaired) electrons. The summed E-state index contributed by atoms with van der Waals surface area (Å²) >= 11 is 7.77. The fraction of sp³-hybridized carbons (Fsp3) is 0.407. The van der Waals surface area contributed by atoms with Crippen molar-refractivity contribution in [2.45, 2.75) is 72.6 Å². The van der Waals surface area contributed by atoms with Crippen molar-refractivity contribution >= 4 is 45.3 Å². The van der Waals surface area contributed by atoms with E-state index >= 15 is 0 Å². The molecule has 4 heterocycles. The summed E-state index contributed by atoms with van der Waals surface area (Å²) in [5.41, 5.74) is 2.96. The average Bonchev–Trinajstić information content (AvgIpc) is 3.51. The van der Waals surface area contributed by atoms with Crippen molar-refractivity contribution in [3.8, 4) is 29.3 Å². The van der Waals surface area contributed by atoms with Gasteiger partial charge in [-0.2, -0.15) is 0 Å². The first-order valence-corrected chi connectivity index (χ1v) is 14.7. The van der Waals surface area contributed by atoms with E-state index in [0.717, 1.165) is 0 Å². The van der Waals surface area contributed by atoms with Gasteiger partial charge in [-0.15, -0.1) is 45.3 Å². The topological polar surface area (TPSA) is 0 Å². The van der Waals surface area contributed by atoms with Gasteiger partial charge in [-0.3, -0.25) is 0 Å². The van der Waals surface area contributed by atoms with E-state index in [2.05, 4.69) is 64.1 Å². The van der Waals surface area contributed by atoms with Gasteiger partial charge < -0.3 is 0 Å². The van der Waals surface area contributed by atoms with E-state index in [9.17, 15) is 0 Å². The second kappa shape index (κ2) is 10.6. The Labute approximate surface area is 203 Å². The summed E-state index contributed by atoms with van der Waals surface area (Å²) in [5.74, 6) is 0. The molecule has 4 rings (SSSR count). The molecule has 0 nitrogen and oxygen atoms in total. The van der Waals surface area contributed by atoms with E-state index in [4.69, 9.17) is 0 Å². The van der Waals surface area contributed by atoms with E-state index in [1.54, 1.807) is 5.56 Å². The van der Waals surface area contributed by atoms with E-state index in [0.29, 0.717) is 0 Å². The molecule has 0 N–H and O–H groups in total. The van der Waals surface area contributed by atoms with Crippen molar-refractivity contribution in [1.82, 2.24) is 0 Å². The summed E-state index contributed by atoms with van der Waals surface area (Å²) < 4.78 is 0. The van der Waals surface area contributed by atoms with Crippen LogP contribution in [-0.4, -0.2) is 0 Å². The van der Waals surface area contributed by atoms with Crippen molar-refractivity contribution in [3.05, 3.63) is 57.3 Å². The molecule has 0 fully saturated rings. The number of hydrogen-bond acceptors (Lipinski definition) is 4. The molecule has 0 bridgehead atoms. The predicted molar refractivity (Wildman–Crippen MR) is 146 cm³/mol. The van der Waals surface area contributed by atoms with Crippen LogP contribution in [0.5, 0.6) is 0 Å². The smallest absolute Gasteiger partial charge is 0.0477 e. The third-order valence-electron chi connectivity index (χ3n) is 5.68. The molecule has 0 unspecified atom stereocenters. The monoisotopic (exact) mass is 484 g/mol. The molecule has 4 aromatic rings. The minimum Gasteiger partial charge on any atom is -0.139 e. The van der Waals surface area contributed by atoms with Crippen LogP contribution >= 0.6 is 45.3 Å². The van der Waals surface area contributed by atoms with Gasteiger partial charge in [0.05, 0.1) is 0 Å². The van der Waals surface area contributed by atoms with E-state index in [-0.39, 0.29) is 0 Å². The summed E-state index contributed by atoms with van der Waals surface area (Å²) in [6.07, 6.45) is 9.40.